The minimum Gasteiger partial charge on any atom is -0.343 e. The van der Waals surface area contributed by atoms with Gasteiger partial charge in [0.25, 0.3) is 5.56 Å². The van der Waals surface area contributed by atoms with Gasteiger partial charge in [-0.25, -0.2) is 0 Å². The summed E-state index contributed by atoms with van der Waals surface area (Å²) in [5, 5.41) is 11.1. The standard InChI is InChI=1S/C26H21N3O2S/c30-20-14-18(21-7-4-12-32-21)13-19-23(20)22(24-25(27-19)28-29-26(24)31)17-10-8-16(9-11-17)15-5-2-1-3-6-15/h1-12,18,22H,13-14H2,(H3,27,28,29,31). The topological polar surface area (TPSA) is 77.8 Å². The smallest absolute Gasteiger partial charge is 0.270 e. The number of benzene rings is 2. The van der Waals surface area contributed by atoms with Crippen LogP contribution >= 0.6 is 11.3 Å². The third kappa shape index (κ3) is 3.07. The van der Waals surface area contributed by atoms with Crippen LogP contribution in [-0.2, 0) is 4.79 Å². The lowest BCUT2D eigenvalue weighted by atomic mass is 9.74. The first-order valence-electron chi connectivity index (χ1n) is 10.7. The van der Waals surface area contributed by atoms with E-state index in [1.165, 1.54) is 4.88 Å². The van der Waals surface area contributed by atoms with Crippen LogP contribution in [-0.4, -0.2) is 16.0 Å². The van der Waals surface area contributed by atoms with Crippen LogP contribution < -0.4 is 10.9 Å². The summed E-state index contributed by atoms with van der Waals surface area (Å²) < 4.78 is 0. The average Bonchev–Trinajstić information content (AvgIpc) is 3.49. The van der Waals surface area contributed by atoms with Gasteiger partial charge < -0.3 is 5.32 Å². The van der Waals surface area contributed by atoms with Crippen LogP contribution in [0.15, 0.2) is 88.2 Å². The number of carbonyl (C=O) groups is 1. The molecule has 2 aromatic carbocycles. The van der Waals surface area contributed by atoms with Crippen molar-refractivity contribution in [2.45, 2.75) is 24.7 Å². The fraction of sp³-hybridized carbons (Fsp3) is 0.154. The van der Waals surface area contributed by atoms with E-state index in [0.717, 1.165) is 34.4 Å². The Labute approximate surface area is 188 Å². The summed E-state index contributed by atoms with van der Waals surface area (Å²) in [4.78, 5) is 27.4. The van der Waals surface area contributed by atoms with E-state index in [9.17, 15) is 9.59 Å². The summed E-state index contributed by atoms with van der Waals surface area (Å²) in [6.07, 6.45) is 1.23. The Bertz CT molecular complexity index is 1380. The number of aromatic amines is 2. The van der Waals surface area contributed by atoms with Crippen molar-refractivity contribution < 1.29 is 4.79 Å². The van der Waals surface area contributed by atoms with E-state index >= 15 is 0 Å². The number of anilines is 1. The summed E-state index contributed by atoms with van der Waals surface area (Å²) in [5.74, 6) is 0.561. The van der Waals surface area contributed by atoms with Gasteiger partial charge in [0.05, 0.1) is 5.56 Å². The second-order valence-electron chi connectivity index (χ2n) is 8.35. The number of nitrogens with one attached hydrogen (secondary N) is 3. The SMILES string of the molecule is O=C1CC(c2cccs2)CC2=C1C(c1ccc(-c3ccccc3)cc1)c1c([nH][nH]c1=O)N2. The fourth-order valence-electron chi connectivity index (χ4n) is 4.98. The van der Waals surface area contributed by atoms with Gasteiger partial charge in [-0.15, -0.1) is 11.3 Å². The molecule has 0 fully saturated rings. The fourth-order valence-corrected chi connectivity index (χ4v) is 5.81. The number of allylic oxidation sites excluding steroid dienone is 2. The molecule has 6 rings (SSSR count). The van der Waals surface area contributed by atoms with E-state index < -0.39 is 0 Å². The Morgan fingerprint density at radius 1 is 0.812 bits per heavy atom. The molecule has 0 saturated carbocycles. The number of hydrogen-bond donors (Lipinski definition) is 3. The molecule has 5 nitrogen and oxygen atoms in total. The first-order valence-corrected chi connectivity index (χ1v) is 11.6. The van der Waals surface area contributed by atoms with Gasteiger partial charge in [-0.2, -0.15) is 0 Å². The molecule has 0 spiro atoms. The van der Waals surface area contributed by atoms with Gasteiger partial charge in [0.2, 0.25) is 0 Å². The molecule has 1 aliphatic heterocycles. The van der Waals surface area contributed by atoms with Crippen molar-refractivity contribution in [2.24, 2.45) is 0 Å². The van der Waals surface area contributed by atoms with E-state index in [1.807, 2.05) is 36.4 Å². The second-order valence-corrected chi connectivity index (χ2v) is 9.33. The number of hydrogen-bond acceptors (Lipinski definition) is 4. The van der Waals surface area contributed by atoms with E-state index in [4.69, 9.17) is 0 Å². The number of Topliss-reactive ketones (excluding diaryl/α,β-unsaturated/α-hetero) is 1. The van der Waals surface area contributed by atoms with E-state index in [-0.39, 0.29) is 23.2 Å². The molecule has 4 aromatic rings. The molecular formula is C26H21N3O2S. The van der Waals surface area contributed by atoms with Crippen molar-refractivity contribution in [1.82, 2.24) is 10.2 Å². The van der Waals surface area contributed by atoms with Gasteiger partial charge in [0.1, 0.15) is 5.82 Å². The predicted octanol–water partition coefficient (Wildman–Crippen LogP) is 5.39. The highest BCUT2D eigenvalue weighted by Crippen LogP contribution is 2.47. The van der Waals surface area contributed by atoms with Gasteiger partial charge >= 0.3 is 0 Å². The van der Waals surface area contributed by atoms with E-state index in [1.54, 1.807) is 11.3 Å². The number of thiophene rings is 1. The Morgan fingerprint density at radius 2 is 1.59 bits per heavy atom. The maximum atomic E-state index is 13.4. The van der Waals surface area contributed by atoms with Gasteiger partial charge in [-0.05, 0) is 34.6 Å². The maximum Gasteiger partial charge on any atom is 0.270 e. The van der Waals surface area contributed by atoms with Gasteiger partial charge in [0, 0.05) is 34.4 Å². The summed E-state index contributed by atoms with van der Waals surface area (Å²) in [6, 6.07) is 22.5. The zero-order valence-electron chi connectivity index (χ0n) is 17.2. The normalized spacial score (nSPS) is 19.9. The summed E-state index contributed by atoms with van der Waals surface area (Å²) in [7, 11) is 0. The zero-order valence-corrected chi connectivity index (χ0v) is 18.0. The number of fused-ring (bicyclic) bond motifs is 1. The second kappa shape index (κ2) is 7.50. The van der Waals surface area contributed by atoms with E-state index in [2.05, 4.69) is 51.2 Å². The van der Waals surface area contributed by atoms with Crippen molar-refractivity contribution in [2.75, 3.05) is 5.32 Å². The van der Waals surface area contributed by atoms with E-state index in [0.29, 0.717) is 17.8 Å². The van der Waals surface area contributed by atoms with Crippen molar-refractivity contribution in [1.29, 1.82) is 0 Å². The first kappa shape index (κ1) is 19.1. The van der Waals surface area contributed by atoms with Crippen LogP contribution in [0.3, 0.4) is 0 Å². The first-order chi connectivity index (χ1) is 15.7. The number of carbonyl (C=O) groups excluding carboxylic acids is 1. The van der Waals surface area contributed by atoms with Crippen molar-refractivity contribution >= 4 is 22.9 Å². The Balaban J connectivity index is 1.44. The van der Waals surface area contributed by atoms with Crippen LogP contribution in [0.2, 0.25) is 0 Å². The molecule has 0 amide bonds. The van der Waals surface area contributed by atoms with Crippen LogP contribution in [0.4, 0.5) is 5.82 Å². The minimum atomic E-state index is -0.377. The highest BCUT2D eigenvalue weighted by atomic mass is 32.1. The lowest BCUT2D eigenvalue weighted by Crippen LogP contribution is -2.31. The highest BCUT2D eigenvalue weighted by molar-refractivity contribution is 7.10. The quantitative estimate of drug-likeness (QED) is 0.401. The molecule has 0 bridgehead atoms. The Hall–Kier alpha value is -3.64. The molecule has 2 aliphatic rings. The van der Waals surface area contributed by atoms with Gasteiger partial charge in [-0.1, -0.05) is 60.7 Å². The molecule has 6 heteroatoms. The summed E-state index contributed by atoms with van der Waals surface area (Å²) in [6.45, 7) is 0. The Morgan fingerprint density at radius 3 is 2.34 bits per heavy atom. The summed E-state index contributed by atoms with van der Waals surface area (Å²) >= 11 is 1.69. The molecule has 32 heavy (non-hydrogen) atoms. The third-order valence-corrected chi connectivity index (χ3v) is 7.51. The highest BCUT2D eigenvalue weighted by Gasteiger charge is 2.40. The largest absolute Gasteiger partial charge is 0.343 e. The molecule has 0 saturated heterocycles. The van der Waals surface area contributed by atoms with Crippen LogP contribution in [0, 0.1) is 0 Å². The van der Waals surface area contributed by atoms with Crippen LogP contribution in [0.1, 0.15) is 40.7 Å². The molecule has 2 aromatic heterocycles. The monoisotopic (exact) mass is 439 g/mol. The van der Waals surface area contributed by atoms with Crippen molar-refractivity contribution in [3.05, 3.63) is 110 Å². The zero-order chi connectivity index (χ0) is 21.7. The molecule has 1 aliphatic carbocycles. The lowest BCUT2D eigenvalue weighted by molar-refractivity contribution is -0.116. The number of aromatic nitrogens is 2. The average molecular weight is 440 g/mol. The number of H-pyrrole nitrogens is 2. The number of rotatable bonds is 3. The van der Waals surface area contributed by atoms with Crippen LogP contribution in [0.25, 0.3) is 11.1 Å². The van der Waals surface area contributed by atoms with Crippen molar-refractivity contribution in [3.63, 3.8) is 0 Å². The minimum absolute atomic E-state index is 0.112. The molecule has 2 atom stereocenters. The molecular weight excluding hydrogens is 418 g/mol. The van der Waals surface area contributed by atoms with Crippen molar-refractivity contribution in [3.8, 4) is 11.1 Å². The Kier molecular flexibility index (Phi) is 4.47. The van der Waals surface area contributed by atoms with Crippen LogP contribution in [0.5, 0.6) is 0 Å². The third-order valence-electron chi connectivity index (χ3n) is 6.47. The van der Waals surface area contributed by atoms with Gasteiger partial charge in [-0.3, -0.25) is 19.8 Å². The van der Waals surface area contributed by atoms with Gasteiger partial charge in [0.15, 0.2) is 5.78 Å². The molecule has 158 valence electrons. The molecule has 2 unspecified atom stereocenters. The number of ketones is 1. The predicted molar refractivity (Wildman–Crippen MR) is 127 cm³/mol. The lowest BCUT2D eigenvalue weighted by Gasteiger charge is -2.34. The molecule has 0 radical (unpaired) electrons. The molecule has 3 N–H and O–H groups in total. The maximum absolute atomic E-state index is 13.4. The summed E-state index contributed by atoms with van der Waals surface area (Å²) in [5.41, 5.74) is 5.23. The molecule has 3 heterocycles.